The number of thioether (sulfide) groups is 1. The van der Waals surface area contributed by atoms with Gasteiger partial charge in [-0.05, 0) is 55.3 Å². The zero-order chi connectivity index (χ0) is 21.3. The molecule has 0 unspecified atom stereocenters. The minimum absolute atomic E-state index is 0.0250. The topological polar surface area (TPSA) is 53.0 Å². The van der Waals surface area contributed by atoms with Crippen molar-refractivity contribution in [1.82, 2.24) is 0 Å². The van der Waals surface area contributed by atoms with Gasteiger partial charge in [0.15, 0.2) is 5.17 Å². The first-order valence-corrected chi connectivity index (χ1v) is 11.5. The Hall–Kier alpha value is -2.31. The van der Waals surface area contributed by atoms with Gasteiger partial charge in [-0.1, -0.05) is 42.4 Å². The van der Waals surface area contributed by atoms with Crippen LogP contribution in [0.2, 0.25) is 5.02 Å². The van der Waals surface area contributed by atoms with Crippen molar-refractivity contribution < 1.29 is 9.59 Å². The average molecular weight is 442 g/mol. The monoisotopic (exact) mass is 441 g/mol. The third kappa shape index (κ3) is 4.25. The van der Waals surface area contributed by atoms with Gasteiger partial charge in [0.05, 0.1) is 17.6 Å². The van der Waals surface area contributed by atoms with E-state index in [9.17, 15) is 9.59 Å². The Balaban J connectivity index is 1.59. The Morgan fingerprint density at radius 3 is 2.50 bits per heavy atom. The van der Waals surface area contributed by atoms with Crippen molar-refractivity contribution in [2.75, 3.05) is 22.1 Å². The lowest BCUT2D eigenvalue weighted by molar-refractivity contribution is -0.123. The molecule has 4 rings (SSSR count). The summed E-state index contributed by atoms with van der Waals surface area (Å²) in [7, 11) is 0. The summed E-state index contributed by atoms with van der Waals surface area (Å²) in [5.41, 5.74) is 2.78. The molecule has 156 valence electrons. The molecule has 5 nitrogen and oxygen atoms in total. The maximum absolute atomic E-state index is 13.6. The molecule has 1 fully saturated rings. The predicted octanol–water partition coefficient (Wildman–Crippen LogP) is 4.78. The van der Waals surface area contributed by atoms with E-state index >= 15 is 0 Å². The summed E-state index contributed by atoms with van der Waals surface area (Å²) in [4.78, 5) is 34.3. The fraction of sp³-hybridized carbons (Fsp3) is 0.348. The maximum atomic E-state index is 13.6. The quantitative estimate of drug-likeness (QED) is 0.686. The molecule has 0 bridgehead atoms. The Bertz CT molecular complexity index is 975. The first-order valence-electron chi connectivity index (χ1n) is 10.2. The molecule has 2 aliphatic heterocycles. The zero-order valence-corrected chi connectivity index (χ0v) is 18.6. The third-order valence-corrected chi connectivity index (χ3v) is 6.86. The van der Waals surface area contributed by atoms with Crippen molar-refractivity contribution in [3.8, 4) is 0 Å². The van der Waals surface area contributed by atoms with Crippen LogP contribution < -0.4 is 9.80 Å². The Labute approximate surface area is 186 Å². The highest BCUT2D eigenvalue weighted by Crippen LogP contribution is 2.32. The molecule has 0 aliphatic carbocycles. The van der Waals surface area contributed by atoms with E-state index in [2.05, 4.69) is 11.9 Å². The van der Waals surface area contributed by atoms with E-state index in [1.165, 1.54) is 5.56 Å². The number of anilines is 2. The SMILES string of the molecule is CCc1ccc(N2C[C@@H](C(=O)N(C3=N[C@@H](C)CS3)c3ccc(Cl)cc3)CC2=O)cc1. The average Bonchev–Trinajstić information content (AvgIpc) is 3.35. The summed E-state index contributed by atoms with van der Waals surface area (Å²) in [5, 5.41) is 1.30. The fourth-order valence-electron chi connectivity index (χ4n) is 3.72. The summed E-state index contributed by atoms with van der Waals surface area (Å²) in [6, 6.07) is 15.3. The van der Waals surface area contributed by atoms with Gasteiger partial charge in [0, 0.05) is 29.4 Å². The predicted molar refractivity (Wildman–Crippen MR) is 125 cm³/mol. The second-order valence-corrected chi connectivity index (χ2v) is 9.07. The number of hydrogen-bond donors (Lipinski definition) is 0. The molecule has 2 aromatic rings. The molecule has 0 aromatic heterocycles. The van der Waals surface area contributed by atoms with Crippen LogP contribution >= 0.6 is 23.4 Å². The minimum atomic E-state index is -0.418. The third-order valence-electron chi connectivity index (χ3n) is 5.41. The molecule has 2 atom stereocenters. The van der Waals surface area contributed by atoms with Crippen molar-refractivity contribution in [3.05, 3.63) is 59.1 Å². The number of benzene rings is 2. The van der Waals surface area contributed by atoms with Crippen LogP contribution in [0.4, 0.5) is 11.4 Å². The fourth-order valence-corrected chi connectivity index (χ4v) is 4.89. The maximum Gasteiger partial charge on any atom is 0.238 e. The van der Waals surface area contributed by atoms with Crippen molar-refractivity contribution in [2.24, 2.45) is 10.9 Å². The Morgan fingerprint density at radius 2 is 1.90 bits per heavy atom. The largest absolute Gasteiger partial charge is 0.312 e. The van der Waals surface area contributed by atoms with E-state index in [1.54, 1.807) is 33.7 Å². The highest BCUT2D eigenvalue weighted by Gasteiger charge is 2.39. The molecule has 2 heterocycles. The van der Waals surface area contributed by atoms with Crippen LogP contribution in [0.1, 0.15) is 25.8 Å². The summed E-state index contributed by atoms with van der Waals surface area (Å²) < 4.78 is 0. The van der Waals surface area contributed by atoms with E-state index in [0.29, 0.717) is 16.7 Å². The molecule has 2 aromatic carbocycles. The number of amides is 2. The van der Waals surface area contributed by atoms with Gasteiger partial charge < -0.3 is 4.90 Å². The van der Waals surface area contributed by atoms with E-state index in [4.69, 9.17) is 11.6 Å². The second-order valence-electron chi connectivity index (χ2n) is 7.65. The van der Waals surface area contributed by atoms with Gasteiger partial charge in [-0.15, -0.1) is 0 Å². The van der Waals surface area contributed by atoms with Gasteiger partial charge in [0.1, 0.15) is 0 Å². The number of hydrogen-bond acceptors (Lipinski definition) is 4. The van der Waals surface area contributed by atoms with Gasteiger partial charge in [-0.25, -0.2) is 0 Å². The molecule has 1 saturated heterocycles. The molecular formula is C23H24ClN3O2S. The molecular weight excluding hydrogens is 418 g/mol. The van der Waals surface area contributed by atoms with Gasteiger partial charge in [-0.3, -0.25) is 19.5 Å². The van der Waals surface area contributed by atoms with Crippen LogP contribution in [0.5, 0.6) is 0 Å². The molecule has 30 heavy (non-hydrogen) atoms. The first-order chi connectivity index (χ1) is 14.5. The number of carbonyl (C=O) groups is 2. The van der Waals surface area contributed by atoms with Crippen molar-refractivity contribution in [2.45, 2.75) is 32.7 Å². The van der Waals surface area contributed by atoms with Crippen LogP contribution in [0.3, 0.4) is 0 Å². The molecule has 0 saturated carbocycles. The van der Waals surface area contributed by atoms with Crippen molar-refractivity contribution in [1.29, 1.82) is 0 Å². The number of nitrogens with zero attached hydrogens (tertiary/aromatic N) is 3. The molecule has 0 radical (unpaired) electrons. The molecule has 2 aliphatic rings. The van der Waals surface area contributed by atoms with E-state index in [1.807, 2.05) is 43.3 Å². The number of rotatable bonds is 4. The standard InChI is InChI=1S/C23H24ClN3O2S/c1-3-16-4-8-19(9-5-16)26-13-17(12-21(26)28)22(29)27(23-25-15(2)14-30-23)20-10-6-18(24)7-11-20/h4-11,15,17H,3,12-14H2,1-2H3/t15-,17-/m0/s1. The number of amidine groups is 1. The van der Waals surface area contributed by atoms with Gasteiger partial charge >= 0.3 is 0 Å². The lowest BCUT2D eigenvalue weighted by Gasteiger charge is -2.25. The van der Waals surface area contributed by atoms with Crippen LogP contribution in [0.25, 0.3) is 0 Å². The van der Waals surface area contributed by atoms with Gasteiger partial charge in [0.25, 0.3) is 0 Å². The molecule has 0 N–H and O–H groups in total. The van der Waals surface area contributed by atoms with E-state index < -0.39 is 5.92 Å². The van der Waals surface area contributed by atoms with Gasteiger partial charge in [-0.2, -0.15) is 0 Å². The summed E-state index contributed by atoms with van der Waals surface area (Å²) in [5.74, 6) is 0.298. The molecule has 7 heteroatoms. The van der Waals surface area contributed by atoms with E-state index in [-0.39, 0.29) is 24.3 Å². The van der Waals surface area contributed by atoms with Crippen LogP contribution in [0.15, 0.2) is 53.5 Å². The minimum Gasteiger partial charge on any atom is -0.312 e. The molecule has 2 amide bonds. The van der Waals surface area contributed by atoms with Crippen LogP contribution in [0, 0.1) is 5.92 Å². The number of aliphatic imine (C=N–C) groups is 1. The zero-order valence-electron chi connectivity index (χ0n) is 17.0. The van der Waals surface area contributed by atoms with E-state index in [0.717, 1.165) is 23.5 Å². The smallest absolute Gasteiger partial charge is 0.238 e. The number of halogens is 1. The highest BCUT2D eigenvalue weighted by molar-refractivity contribution is 8.14. The molecule has 0 spiro atoms. The van der Waals surface area contributed by atoms with Gasteiger partial charge in [0.2, 0.25) is 11.8 Å². The van der Waals surface area contributed by atoms with Crippen LogP contribution in [-0.4, -0.2) is 35.3 Å². The van der Waals surface area contributed by atoms with Crippen molar-refractivity contribution >= 4 is 51.7 Å². The summed E-state index contributed by atoms with van der Waals surface area (Å²) >= 11 is 7.61. The lowest BCUT2D eigenvalue weighted by atomic mass is 10.1. The number of carbonyl (C=O) groups excluding carboxylic acids is 2. The summed E-state index contributed by atoms with van der Waals surface area (Å²) in [6.07, 6.45) is 1.15. The Morgan fingerprint density at radius 1 is 1.20 bits per heavy atom. The normalized spacial score (nSPS) is 21.1. The summed E-state index contributed by atoms with van der Waals surface area (Å²) in [6.45, 7) is 4.51. The van der Waals surface area contributed by atoms with Crippen LogP contribution in [-0.2, 0) is 16.0 Å². The lowest BCUT2D eigenvalue weighted by Crippen LogP contribution is -2.40. The Kier molecular flexibility index (Phi) is 6.16. The van der Waals surface area contributed by atoms with Crippen molar-refractivity contribution in [3.63, 3.8) is 0 Å². The second kappa shape index (κ2) is 8.82. The number of aryl methyl sites for hydroxylation is 1. The highest BCUT2D eigenvalue weighted by atomic mass is 35.5. The first kappa shape index (κ1) is 20.9.